The van der Waals surface area contributed by atoms with E-state index in [-0.39, 0.29) is 6.15 Å². The minimum absolute atomic E-state index is 0. The monoisotopic (exact) mass is 245 g/mol. The molecular formula is C18H15N. The molecule has 1 heteroatoms. The minimum atomic E-state index is 0. The summed E-state index contributed by atoms with van der Waals surface area (Å²) in [6.07, 6.45) is 0. The number of hydrogen-bond acceptors (Lipinski definition) is 1. The predicted molar refractivity (Wildman–Crippen MR) is 84.0 cm³/mol. The summed E-state index contributed by atoms with van der Waals surface area (Å²) in [5, 5.41) is 8.04. The summed E-state index contributed by atoms with van der Waals surface area (Å²) in [7, 11) is 0. The molecule has 0 saturated heterocycles. The Morgan fingerprint density at radius 2 is 0.474 bits per heavy atom. The van der Waals surface area contributed by atoms with Gasteiger partial charge in [-0.05, 0) is 32.3 Å². The molecule has 3 N–H and O–H groups in total. The van der Waals surface area contributed by atoms with Crippen molar-refractivity contribution in [1.82, 2.24) is 6.15 Å². The zero-order chi connectivity index (χ0) is 11.9. The number of benzene rings is 4. The van der Waals surface area contributed by atoms with Crippen molar-refractivity contribution in [3.63, 3.8) is 0 Å². The van der Waals surface area contributed by atoms with Crippen molar-refractivity contribution in [1.29, 1.82) is 0 Å². The van der Waals surface area contributed by atoms with E-state index in [1.54, 1.807) is 0 Å². The summed E-state index contributed by atoms with van der Waals surface area (Å²) in [4.78, 5) is 0. The van der Waals surface area contributed by atoms with E-state index in [4.69, 9.17) is 0 Å². The first kappa shape index (κ1) is 11.7. The summed E-state index contributed by atoms with van der Waals surface area (Å²) in [6.45, 7) is 0. The zero-order valence-corrected chi connectivity index (χ0v) is 10.6. The molecule has 1 nitrogen and oxygen atoms in total. The fraction of sp³-hybridized carbons (Fsp3) is 0. The smallest absolute Gasteiger partial charge is 0.00990 e. The highest BCUT2D eigenvalue weighted by Crippen LogP contribution is 2.34. The van der Waals surface area contributed by atoms with Gasteiger partial charge in [0.1, 0.15) is 0 Å². The minimum Gasteiger partial charge on any atom is -0.344 e. The van der Waals surface area contributed by atoms with Gasteiger partial charge in [-0.3, -0.25) is 0 Å². The molecule has 0 aliphatic carbocycles. The molecule has 92 valence electrons. The molecule has 4 rings (SSSR count). The fourth-order valence-electron chi connectivity index (χ4n) is 2.86. The first-order valence-electron chi connectivity index (χ1n) is 6.23. The van der Waals surface area contributed by atoms with Crippen LogP contribution in [0, 0.1) is 0 Å². The van der Waals surface area contributed by atoms with E-state index < -0.39 is 0 Å². The van der Waals surface area contributed by atoms with E-state index in [9.17, 15) is 0 Å². The number of rotatable bonds is 0. The van der Waals surface area contributed by atoms with Crippen LogP contribution in [0.4, 0.5) is 0 Å². The number of hydrogen-bond donors (Lipinski definition) is 1. The lowest BCUT2D eigenvalue weighted by atomic mass is 9.95. The average Bonchev–Trinajstić information content (AvgIpc) is 2.48. The quantitative estimate of drug-likeness (QED) is 0.419. The van der Waals surface area contributed by atoms with Crippen molar-refractivity contribution in [3.05, 3.63) is 72.8 Å². The first-order chi connectivity index (χ1) is 8.95. The van der Waals surface area contributed by atoms with Gasteiger partial charge in [0, 0.05) is 0 Å². The Bertz CT molecular complexity index is 657. The molecule has 0 aromatic heterocycles. The van der Waals surface area contributed by atoms with Crippen LogP contribution in [-0.2, 0) is 0 Å². The van der Waals surface area contributed by atoms with Gasteiger partial charge < -0.3 is 6.15 Å². The summed E-state index contributed by atoms with van der Waals surface area (Å²) in [6, 6.07) is 26.0. The normalized spacial score (nSPS) is 10.7. The Morgan fingerprint density at radius 1 is 0.316 bits per heavy atom. The molecule has 0 aliphatic rings. The number of fused-ring (bicyclic) bond motifs is 6. The fourth-order valence-corrected chi connectivity index (χ4v) is 2.86. The largest absolute Gasteiger partial charge is 0.344 e. The maximum Gasteiger partial charge on any atom is -0.00990 e. The van der Waals surface area contributed by atoms with Gasteiger partial charge in [0.05, 0.1) is 0 Å². The van der Waals surface area contributed by atoms with Gasteiger partial charge in [0.25, 0.3) is 0 Å². The molecule has 0 fully saturated rings. The molecule has 0 radical (unpaired) electrons. The topological polar surface area (TPSA) is 35.0 Å². The van der Waals surface area contributed by atoms with Crippen LogP contribution in [0.2, 0.25) is 0 Å². The Kier molecular flexibility index (Phi) is 2.69. The second kappa shape index (κ2) is 4.38. The van der Waals surface area contributed by atoms with Gasteiger partial charge in [-0.2, -0.15) is 0 Å². The van der Waals surface area contributed by atoms with E-state index in [2.05, 4.69) is 72.8 Å². The van der Waals surface area contributed by atoms with Crippen LogP contribution in [-0.4, -0.2) is 0 Å². The van der Waals surface area contributed by atoms with Crippen LogP contribution in [0.5, 0.6) is 0 Å². The second-order valence-electron chi connectivity index (χ2n) is 4.64. The molecule has 0 atom stereocenters. The van der Waals surface area contributed by atoms with Crippen molar-refractivity contribution in [2.24, 2.45) is 0 Å². The molecule has 19 heavy (non-hydrogen) atoms. The van der Waals surface area contributed by atoms with Crippen molar-refractivity contribution in [2.45, 2.75) is 0 Å². The second-order valence-corrected chi connectivity index (χ2v) is 4.64. The molecule has 0 saturated carbocycles. The summed E-state index contributed by atoms with van der Waals surface area (Å²) in [5.41, 5.74) is 0. The van der Waals surface area contributed by atoms with Crippen molar-refractivity contribution >= 4 is 32.3 Å². The van der Waals surface area contributed by atoms with Crippen molar-refractivity contribution < 1.29 is 0 Å². The van der Waals surface area contributed by atoms with Gasteiger partial charge in [-0.15, -0.1) is 0 Å². The van der Waals surface area contributed by atoms with E-state index in [1.165, 1.54) is 32.3 Å². The van der Waals surface area contributed by atoms with Crippen LogP contribution < -0.4 is 6.15 Å². The molecule has 0 unspecified atom stereocenters. The molecular weight excluding hydrogens is 230 g/mol. The average molecular weight is 245 g/mol. The highest BCUT2D eigenvalue weighted by atomic mass is 14.1. The van der Waals surface area contributed by atoms with Crippen LogP contribution in [0.25, 0.3) is 32.3 Å². The van der Waals surface area contributed by atoms with Gasteiger partial charge in [-0.25, -0.2) is 0 Å². The van der Waals surface area contributed by atoms with Gasteiger partial charge in [0.2, 0.25) is 0 Å². The van der Waals surface area contributed by atoms with Crippen LogP contribution in [0.1, 0.15) is 0 Å². The Morgan fingerprint density at radius 3 is 0.632 bits per heavy atom. The SMILES string of the molecule is N.c1ccc2c(c1)c1ccccc1c1ccccc21. The maximum atomic E-state index is 2.21. The first-order valence-corrected chi connectivity index (χ1v) is 6.23. The highest BCUT2D eigenvalue weighted by Gasteiger charge is 2.06. The Labute approximate surface area is 112 Å². The summed E-state index contributed by atoms with van der Waals surface area (Å²) >= 11 is 0. The third-order valence-corrected chi connectivity index (χ3v) is 3.65. The Hall–Kier alpha value is -2.38. The Balaban J connectivity index is 0.00000110. The zero-order valence-electron chi connectivity index (χ0n) is 10.6. The molecule has 0 amide bonds. The van der Waals surface area contributed by atoms with Crippen LogP contribution in [0.3, 0.4) is 0 Å². The predicted octanol–water partition coefficient (Wildman–Crippen LogP) is 5.31. The maximum absolute atomic E-state index is 2.21. The van der Waals surface area contributed by atoms with E-state index >= 15 is 0 Å². The lowest BCUT2D eigenvalue weighted by molar-refractivity contribution is 1.77. The van der Waals surface area contributed by atoms with E-state index in [0.29, 0.717) is 0 Å². The van der Waals surface area contributed by atoms with Crippen LogP contribution in [0.15, 0.2) is 72.8 Å². The molecule has 0 aliphatic heterocycles. The van der Waals surface area contributed by atoms with E-state index in [1.807, 2.05) is 0 Å². The summed E-state index contributed by atoms with van der Waals surface area (Å²) in [5.74, 6) is 0. The molecule has 0 bridgehead atoms. The lowest BCUT2D eigenvalue weighted by Crippen LogP contribution is -1.81. The molecule has 0 spiro atoms. The van der Waals surface area contributed by atoms with Gasteiger partial charge >= 0.3 is 0 Å². The highest BCUT2D eigenvalue weighted by molar-refractivity contribution is 6.25. The summed E-state index contributed by atoms with van der Waals surface area (Å²) < 4.78 is 0. The van der Waals surface area contributed by atoms with Crippen molar-refractivity contribution in [2.75, 3.05) is 0 Å². The standard InChI is InChI=1S/C18H12.H3N/c1-2-8-14-13(7-1)15-9-3-4-11-17(15)18-12-6-5-10-16(14)18;/h1-12H;1H3. The van der Waals surface area contributed by atoms with Gasteiger partial charge in [0.15, 0.2) is 0 Å². The lowest BCUT2D eigenvalue weighted by Gasteiger charge is -2.09. The third kappa shape index (κ3) is 1.60. The molecule has 4 aromatic carbocycles. The molecule has 0 heterocycles. The van der Waals surface area contributed by atoms with E-state index in [0.717, 1.165) is 0 Å². The van der Waals surface area contributed by atoms with Gasteiger partial charge in [-0.1, -0.05) is 72.8 Å². The van der Waals surface area contributed by atoms with Crippen molar-refractivity contribution in [3.8, 4) is 0 Å². The van der Waals surface area contributed by atoms with Crippen LogP contribution >= 0.6 is 0 Å². The third-order valence-electron chi connectivity index (χ3n) is 3.65. The molecule has 4 aromatic rings.